The van der Waals surface area contributed by atoms with Crippen molar-refractivity contribution in [3.05, 3.63) is 30.3 Å². The van der Waals surface area contributed by atoms with Gasteiger partial charge in [-0.2, -0.15) is 4.99 Å². The molecule has 1 aliphatic heterocycles. The first-order valence-electron chi connectivity index (χ1n) is 9.99. The van der Waals surface area contributed by atoms with E-state index in [-0.39, 0.29) is 11.8 Å². The Kier molecular flexibility index (Phi) is 9.01. The van der Waals surface area contributed by atoms with Gasteiger partial charge in [-0.1, -0.05) is 70.0 Å². The van der Waals surface area contributed by atoms with Gasteiger partial charge in [0.2, 0.25) is 5.91 Å². The summed E-state index contributed by atoms with van der Waals surface area (Å²) in [5.74, 6) is -0.273. The van der Waals surface area contributed by atoms with Crippen molar-refractivity contribution in [2.24, 2.45) is 10.9 Å². The van der Waals surface area contributed by atoms with Crippen LogP contribution in [0.3, 0.4) is 0 Å². The molecular formula is C21H31N3O2S. The van der Waals surface area contributed by atoms with Gasteiger partial charge in [-0.3, -0.25) is 14.5 Å². The summed E-state index contributed by atoms with van der Waals surface area (Å²) in [5, 5.41) is 0.509. The first kappa shape index (κ1) is 21.6. The molecule has 5 nitrogen and oxygen atoms in total. The molecule has 0 bridgehead atoms. The smallest absolute Gasteiger partial charge is 0.260 e. The zero-order chi connectivity index (χ0) is 19.6. The molecule has 2 rings (SSSR count). The Hall–Kier alpha value is -1.66. The molecule has 1 aromatic carbocycles. The molecule has 1 aliphatic rings. The van der Waals surface area contributed by atoms with Crippen LogP contribution in [-0.4, -0.2) is 47.3 Å². The van der Waals surface area contributed by atoms with Crippen LogP contribution in [0.25, 0.3) is 0 Å². The highest BCUT2D eigenvalue weighted by atomic mass is 32.2. The molecule has 0 radical (unpaired) electrons. The highest BCUT2D eigenvalue weighted by Crippen LogP contribution is 2.28. The number of nitrogens with zero attached hydrogens (tertiary/aromatic N) is 3. The molecule has 1 aromatic rings. The zero-order valence-corrected chi connectivity index (χ0v) is 17.5. The molecule has 1 unspecified atom stereocenters. The Morgan fingerprint density at radius 3 is 2.41 bits per heavy atom. The largest absolute Gasteiger partial charge is 0.303 e. The molecule has 6 heteroatoms. The Balaban J connectivity index is 2.19. The summed E-state index contributed by atoms with van der Waals surface area (Å²) in [6.45, 7) is 9.27. The Labute approximate surface area is 167 Å². The van der Waals surface area contributed by atoms with Crippen molar-refractivity contribution >= 4 is 34.4 Å². The Morgan fingerprint density at radius 2 is 1.78 bits per heavy atom. The zero-order valence-electron chi connectivity index (χ0n) is 16.7. The van der Waals surface area contributed by atoms with Crippen LogP contribution in [0.2, 0.25) is 0 Å². The van der Waals surface area contributed by atoms with Gasteiger partial charge in [0.25, 0.3) is 5.91 Å². The number of unbranched alkanes of at least 4 members (excludes halogenated alkanes) is 2. The van der Waals surface area contributed by atoms with Gasteiger partial charge in [-0.05, 0) is 31.6 Å². The van der Waals surface area contributed by atoms with E-state index in [1.807, 2.05) is 30.3 Å². The monoisotopic (exact) mass is 389 g/mol. The second-order valence-electron chi connectivity index (χ2n) is 6.67. The first-order valence-corrected chi connectivity index (χ1v) is 11.0. The number of anilines is 1. The molecule has 0 fully saturated rings. The normalized spacial score (nSPS) is 17.6. The highest BCUT2D eigenvalue weighted by Gasteiger charge is 2.38. The van der Waals surface area contributed by atoms with Crippen molar-refractivity contribution in [3.63, 3.8) is 0 Å². The molecule has 2 amide bonds. The summed E-state index contributed by atoms with van der Waals surface area (Å²) < 4.78 is 0. The van der Waals surface area contributed by atoms with Crippen molar-refractivity contribution in [1.82, 2.24) is 4.90 Å². The summed E-state index contributed by atoms with van der Waals surface area (Å²) in [7, 11) is 0. The summed E-state index contributed by atoms with van der Waals surface area (Å²) in [6.07, 6.45) is 3.54. The molecule has 27 heavy (non-hydrogen) atoms. The van der Waals surface area contributed by atoms with Gasteiger partial charge in [0.15, 0.2) is 5.17 Å². The number of carbonyl (C=O) groups is 2. The molecular weight excluding hydrogens is 358 g/mol. The molecule has 1 heterocycles. The van der Waals surface area contributed by atoms with E-state index in [0.29, 0.717) is 11.6 Å². The fraction of sp³-hybridized carbons (Fsp3) is 0.571. The minimum Gasteiger partial charge on any atom is -0.303 e. The fourth-order valence-corrected chi connectivity index (χ4v) is 4.15. The molecule has 0 N–H and O–H groups in total. The number of benzene rings is 1. The summed E-state index contributed by atoms with van der Waals surface area (Å²) >= 11 is 1.49. The van der Waals surface area contributed by atoms with Gasteiger partial charge in [0.1, 0.15) is 5.92 Å². The van der Waals surface area contributed by atoms with Gasteiger partial charge >= 0.3 is 0 Å². The van der Waals surface area contributed by atoms with E-state index >= 15 is 0 Å². The van der Waals surface area contributed by atoms with E-state index in [2.05, 4.69) is 30.7 Å². The van der Waals surface area contributed by atoms with Gasteiger partial charge in [-0.15, -0.1) is 0 Å². The third kappa shape index (κ3) is 5.91. The number of hydrogen-bond donors (Lipinski definition) is 0. The maximum atomic E-state index is 13.2. The third-order valence-electron chi connectivity index (χ3n) is 4.86. The lowest BCUT2D eigenvalue weighted by atomic mass is 9.98. The SMILES string of the molecule is CCCCCC1C(=O)N=C(SCCN(CC)CC)N(c2ccccc2)C1=O. The molecule has 0 spiro atoms. The van der Waals surface area contributed by atoms with Crippen molar-refractivity contribution < 1.29 is 9.59 Å². The molecule has 0 aromatic heterocycles. The van der Waals surface area contributed by atoms with Crippen molar-refractivity contribution in [3.8, 4) is 0 Å². The topological polar surface area (TPSA) is 53.0 Å². The van der Waals surface area contributed by atoms with Gasteiger partial charge in [0.05, 0.1) is 5.69 Å². The van der Waals surface area contributed by atoms with Crippen LogP contribution in [0.15, 0.2) is 35.3 Å². The Bertz CT molecular complexity index is 644. The quantitative estimate of drug-likeness (QED) is 0.445. The lowest BCUT2D eigenvalue weighted by Gasteiger charge is -2.31. The van der Waals surface area contributed by atoms with E-state index in [9.17, 15) is 9.59 Å². The van der Waals surface area contributed by atoms with Gasteiger partial charge in [0, 0.05) is 12.3 Å². The predicted molar refractivity (Wildman–Crippen MR) is 114 cm³/mol. The number of thioether (sulfide) groups is 1. The van der Waals surface area contributed by atoms with Crippen LogP contribution >= 0.6 is 11.8 Å². The van der Waals surface area contributed by atoms with E-state index < -0.39 is 5.92 Å². The summed E-state index contributed by atoms with van der Waals surface area (Å²) in [5.41, 5.74) is 0.782. The van der Waals surface area contributed by atoms with Gasteiger partial charge in [-0.25, -0.2) is 0 Å². The average Bonchev–Trinajstić information content (AvgIpc) is 2.68. The number of amidine groups is 1. The lowest BCUT2D eigenvalue weighted by Crippen LogP contribution is -2.47. The van der Waals surface area contributed by atoms with Gasteiger partial charge < -0.3 is 4.90 Å². The number of aliphatic imine (C=N–C) groups is 1. The van der Waals surface area contributed by atoms with Crippen LogP contribution in [-0.2, 0) is 9.59 Å². The molecule has 148 valence electrons. The predicted octanol–water partition coefficient (Wildman–Crippen LogP) is 4.19. The van der Waals surface area contributed by atoms with E-state index in [1.54, 1.807) is 4.90 Å². The van der Waals surface area contributed by atoms with E-state index in [1.165, 1.54) is 11.8 Å². The number of carbonyl (C=O) groups excluding carboxylic acids is 2. The van der Waals surface area contributed by atoms with Crippen LogP contribution in [0.1, 0.15) is 46.5 Å². The van der Waals surface area contributed by atoms with Crippen molar-refractivity contribution in [2.75, 3.05) is 30.3 Å². The summed E-state index contributed by atoms with van der Waals surface area (Å²) in [4.78, 5) is 34.0. The second-order valence-corrected chi connectivity index (χ2v) is 7.73. The highest BCUT2D eigenvalue weighted by molar-refractivity contribution is 8.14. The number of amides is 2. The molecule has 0 saturated carbocycles. The summed E-state index contributed by atoms with van der Waals surface area (Å²) in [6, 6.07) is 9.54. The fourth-order valence-electron chi connectivity index (χ4n) is 3.14. The minimum atomic E-state index is -0.649. The number of para-hydroxylation sites is 1. The third-order valence-corrected chi connectivity index (χ3v) is 5.78. The van der Waals surface area contributed by atoms with Crippen LogP contribution < -0.4 is 4.90 Å². The van der Waals surface area contributed by atoms with Crippen molar-refractivity contribution in [1.29, 1.82) is 0 Å². The van der Waals surface area contributed by atoms with Crippen LogP contribution in [0.4, 0.5) is 5.69 Å². The van der Waals surface area contributed by atoms with E-state index in [0.717, 1.165) is 50.3 Å². The standard InChI is InChI=1S/C21H31N3O2S/c1-4-7-9-14-18-19(25)22-21(27-16-15-23(5-2)6-3)24(20(18)26)17-12-10-8-11-13-17/h8,10-13,18H,4-7,9,14-16H2,1-3H3. The van der Waals surface area contributed by atoms with Crippen molar-refractivity contribution in [2.45, 2.75) is 46.5 Å². The maximum Gasteiger partial charge on any atom is 0.260 e. The Morgan fingerprint density at radius 1 is 1.07 bits per heavy atom. The van der Waals surface area contributed by atoms with Crippen LogP contribution in [0.5, 0.6) is 0 Å². The minimum absolute atomic E-state index is 0.136. The maximum absolute atomic E-state index is 13.2. The molecule has 0 saturated heterocycles. The second kappa shape index (κ2) is 11.2. The average molecular weight is 390 g/mol. The lowest BCUT2D eigenvalue weighted by molar-refractivity contribution is -0.132. The molecule has 0 aliphatic carbocycles. The van der Waals surface area contributed by atoms with Crippen LogP contribution in [0, 0.1) is 5.92 Å². The van der Waals surface area contributed by atoms with E-state index in [4.69, 9.17) is 0 Å². The first-order chi connectivity index (χ1) is 13.1. The number of rotatable bonds is 10. The molecule has 1 atom stereocenters. The number of hydrogen-bond acceptors (Lipinski definition) is 4.